The second-order valence-electron chi connectivity index (χ2n) is 6.13. The zero-order valence-electron chi connectivity index (χ0n) is 14.7. The molecule has 0 saturated carbocycles. The van der Waals surface area contributed by atoms with E-state index >= 15 is 0 Å². The minimum Gasteiger partial charge on any atom is -0.495 e. The van der Waals surface area contributed by atoms with Gasteiger partial charge < -0.3 is 20.3 Å². The van der Waals surface area contributed by atoms with E-state index in [0.717, 1.165) is 6.42 Å². The van der Waals surface area contributed by atoms with E-state index < -0.39 is 6.04 Å². The molecular weight excluding hydrogens is 389 g/mol. The van der Waals surface area contributed by atoms with Crippen LogP contribution < -0.4 is 15.4 Å². The summed E-state index contributed by atoms with van der Waals surface area (Å²) < 4.78 is 5.25. The highest BCUT2D eigenvalue weighted by Crippen LogP contribution is 2.27. The maximum atomic E-state index is 12.7. The largest absolute Gasteiger partial charge is 0.495 e. The van der Waals surface area contributed by atoms with Gasteiger partial charge in [0.2, 0.25) is 5.91 Å². The fourth-order valence-corrected chi connectivity index (χ4v) is 3.59. The van der Waals surface area contributed by atoms with Gasteiger partial charge in [-0.2, -0.15) is 0 Å². The van der Waals surface area contributed by atoms with Gasteiger partial charge in [0.05, 0.1) is 12.8 Å². The van der Waals surface area contributed by atoms with Gasteiger partial charge in [0.1, 0.15) is 11.8 Å². The monoisotopic (exact) mass is 407 g/mol. The first-order valence-corrected chi connectivity index (χ1v) is 9.21. The molecule has 3 rings (SSSR count). The molecule has 0 spiro atoms. The van der Waals surface area contributed by atoms with Crippen molar-refractivity contribution in [2.24, 2.45) is 0 Å². The molecule has 142 valence electrons. The number of methoxy groups -OCH3 is 1. The van der Waals surface area contributed by atoms with Crippen LogP contribution in [-0.4, -0.2) is 36.5 Å². The lowest BCUT2D eigenvalue weighted by Gasteiger charge is -2.24. The van der Waals surface area contributed by atoms with E-state index in [1.165, 1.54) is 12.0 Å². The Labute approximate surface area is 167 Å². The number of rotatable bonds is 4. The van der Waals surface area contributed by atoms with Crippen molar-refractivity contribution in [1.82, 2.24) is 4.90 Å². The minimum absolute atomic E-state index is 0.277. The number of halogens is 2. The zero-order valence-corrected chi connectivity index (χ0v) is 16.2. The van der Waals surface area contributed by atoms with Gasteiger partial charge in [0.15, 0.2) is 0 Å². The molecule has 0 aromatic heterocycles. The maximum absolute atomic E-state index is 12.7. The molecule has 0 radical (unpaired) electrons. The molecule has 8 heteroatoms. The number of benzene rings is 2. The quantitative estimate of drug-likeness (QED) is 0.775. The van der Waals surface area contributed by atoms with Crippen molar-refractivity contribution >= 4 is 46.5 Å². The smallest absolute Gasteiger partial charge is 0.322 e. The second-order valence-corrected chi connectivity index (χ2v) is 7.00. The number of urea groups is 1. The highest BCUT2D eigenvalue weighted by Gasteiger charge is 2.34. The number of carbonyl (C=O) groups excluding carboxylic acids is 2. The summed E-state index contributed by atoms with van der Waals surface area (Å²) >= 11 is 11.9. The standard InChI is InChI=1S/C19H19Cl2N3O3/c1-27-17-7-3-2-5-15(17)23-19(26)24-8-4-6-16(24)18(25)22-14-10-12(20)9-13(21)11-14/h2-3,5,7,9-11,16H,4,6,8H2,1H3,(H,22,25)(H,23,26). The number of likely N-dealkylation sites (tertiary alicyclic amines) is 1. The third kappa shape index (κ3) is 4.64. The van der Waals surface area contributed by atoms with Gasteiger partial charge >= 0.3 is 6.03 Å². The van der Waals surface area contributed by atoms with Crippen molar-refractivity contribution in [3.63, 3.8) is 0 Å². The van der Waals surface area contributed by atoms with Gasteiger partial charge in [-0.25, -0.2) is 4.79 Å². The summed E-state index contributed by atoms with van der Waals surface area (Å²) in [5.74, 6) is 0.278. The predicted octanol–water partition coefficient (Wildman–Crippen LogP) is 4.64. The Morgan fingerprint density at radius 2 is 1.81 bits per heavy atom. The van der Waals surface area contributed by atoms with Crippen molar-refractivity contribution in [1.29, 1.82) is 0 Å². The number of carbonyl (C=O) groups is 2. The van der Waals surface area contributed by atoms with Crippen LogP contribution in [0.3, 0.4) is 0 Å². The highest BCUT2D eigenvalue weighted by molar-refractivity contribution is 6.35. The van der Waals surface area contributed by atoms with Gasteiger partial charge in [-0.3, -0.25) is 4.79 Å². The molecule has 2 aromatic carbocycles. The lowest BCUT2D eigenvalue weighted by atomic mass is 10.2. The summed E-state index contributed by atoms with van der Waals surface area (Å²) in [4.78, 5) is 26.9. The number of hydrogen-bond acceptors (Lipinski definition) is 3. The molecule has 1 atom stereocenters. The minimum atomic E-state index is -0.572. The fraction of sp³-hybridized carbons (Fsp3) is 0.263. The molecule has 1 fully saturated rings. The van der Waals surface area contributed by atoms with E-state index in [4.69, 9.17) is 27.9 Å². The summed E-state index contributed by atoms with van der Waals surface area (Å²) in [6.45, 7) is 0.495. The average Bonchev–Trinajstić information content (AvgIpc) is 3.11. The van der Waals surface area contributed by atoms with Gasteiger partial charge in [-0.15, -0.1) is 0 Å². The lowest BCUT2D eigenvalue weighted by Crippen LogP contribution is -2.45. The molecule has 6 nitrogen and oxygen atoms in total. The Kier molecular flexibility index (Phi) is 6.08. The van der Waals surface area contributed by atoms with Crippen molar-refractivity contribution in [3.05, 3.63) is 52.5 Å². The molecule has 2 aromatic rings. The van der Waals surface area contributed by atoms with Crippen LogP contribution in [0.5, 0.6) is 5.75 Å². The number of amides is 3. The van der Waals surface area contributed by atoms with E-state index in [-0.39, 0.29) is 11.9 Å². The molecule has 0 aliphatic carbocycles. The second kappa shape index (κ2) is 8.50. The molecule has 1 aliphatic rings. The summed E-state index contributed by atoms with van der Waals surface area (Å²) in [5.41, 5.74) is 1.05. The zero-order chi connectivity index (χ0) is 19.4. The molecule has 1 saturated heterocycles. The Bertz CT molecular complexity index is 840. The molecule has 1 unspecified atom stereocenters. The van der Waals surface area contributed by atoms with Crippen molar-refractivity contribution < 1.29 is 14.3 Å². The number of nitrogens with zero attached hydrogens (tertiary/aromatic N) is 1. The third-order valence-corrected chi connectivity index (χ3v) is 4.73. The molecule has 27 heavy (non-hydrogen) atoms. The summed E-state index contributed by atoms with van der Waals surface area (Å²) in [6, 6.07) is 11.0. The average molecular weight is 408 g/mol. The molecule has 1 heterocycles. The molecule has 2 N–H and O–H groups in total. The van der Waals surface area contributed by atoms with Crippen LogP contribution in [-0.2, 0) is 4.79 Å². The lowest BCUT2D eigenvalue weighted by molar-refractivity contribution is -0.119. The maximum Gasteiger partial charge on any atom is 0.322 e. The van der Waals surface area contributed by atoms with Crippen LogP contribution in [0.15, 0.2) is 42.5 Å². The SMILES string of the molecule is COc1ccccc1NC(=O)N1CCCC1C(=O)Nc1cc(Cl)cc(Cl)c1. The Morgan fingerprint density at radius 1 is 1.11 bits per heavy atom. The number of hydrogen-bond donors (Lipinski definition) is 2. The number of ether oxygens (including phenoxy) is 1. The highest BCUT2D eigenvalue weighted by atomic mass is 35.5. The fourth-order valence-electron chi connectivity index (χ4n) is 3.07. The van der Waals surface area contributed by atoms with Crippen LogP contribution in [0.25, 0.3) is 0 Å². The van der Waals surface area contributed by atoms with E-state index in [1.54, 1.807) is 36.4 Å². The van der Waals surface area contributed by atoms with E-state index in [1.807, 2.05) is 6.07 Å². The molecule has 0 bridgehead atoms. The van der Waals surface area contributed by atoms with Crippen molar-refractivity contribution in [2.75, 3.05) is 24.3 Å². The van der Waals surface area contributed by atoms with E-state index in [0.29, 0.717) is 40.1 Å². The normalized spacial score (nSPS) is 16.1. The summed E-state index contributed by atoms with van der Waals surface area (Å²) in [5, 5.41) is 6.44. The van der Waals surface area contributed by atoms with Crippen molar-refractivity contribution in [2.45, 2.75) is 18.9 Å². The molecule has 3 amide bonds. The van der Waals surface area contributed by atoms with Gasteiger partial charge in [0, 0.05) is 22.3 Å². The number of anilines is 2. The first-order valence-electron chi connectivity index (χ1n) is 8.45. The van der Waals surface area contributed by atoms with Crippen LogP contribution >= 0.6 is 23.2 Å². The van der Waals surface area contributed by atoms with Gasteiger partial charge in [0.25, 0.3) is 0 Å². The number of para-hydroxylation sites is 2. The predicted molar refractivity (Wildman–Crippen MR) is 107 cm³/mol. The Morgan fingerprint density at radius 3 is 2.52 bits per heavy atom. The van der Waals surface area contributed by atoms with Crippen LogP contribution in [0, 0.1) is 0 Å². The first kappa shape index (κ1) is 19.3. The van der Waals surface area contributed by atoms with Crippen LogP contribution in [0.2, 0.25) is 10.0 Å². The van der Waals surface area contributed by atoms with E-state index in [2.05, 4.69) is 10.6 Å². The summed E-state index contributed by atoms with van der Waals surface area (Å²) in [6.07, 6.45) is 1.33. The molecule has 1 aliphatic heterocycles. The summed E-state index contributed by atoms with van der Waals surface area (Å²) in [7, 11) is 1.53. The topological polar surface area (TPSA) is 70.7 Å². The third-order valence-electron chi connectivity index (χ3n) is 4.29. The van der Waals surface area contributed by atoms with Crippen LogP contribution in [0.1, 0.15) is 12.8 Å². The van der Waals surface area contributed by atoms with Crippen molar-refractivity contribution in [3.8, 4) is 5.75 Å². The number of nitrogens with one attached hydrogen (secondary N) is 2. The first-order chi connectivity index (χ1) is 13.0. The molecular formula is C19H19Cl2N3O3. The van der Waals surface area contributed by atoms with Gasteiger partial charge in [-0.05, 0) is 43.2 Å². The van der Waals surface area contributed by atoms with E-state index in [9.17, 15) is 9.59 Å². The van der Waals surface area contributed by atoms with Gasteiger partial charge in [-0.1, -0.05) is 35.3 Å². The van der Waals surface area contributed by atoms with Crippen LogP contribution in [0.4, 0.5) is 16.2 Å². The Balaban J connectivity index is 1.70. The Hall–Kier alpha value is -2.44.